The zero-order valence-electron chi connectivity index (χ0n) is 9.99. The monoisotopic (exact) mass is 235 g/mol. The van der Waals surface area contributed by atoms with Gasteiger partial charge in [0.25, 0.3) is 0 Å². The first-order valence-electron chi connectivity index (χ1n) is 6.17. The molecule has 2 heteroatoms. The third-order valence-electron chi connectivity index (χ3n) is 3.18. The van der Waals surface area contributed by atoms with Crippen LogP contribution in [0.25, 0.3) is 0 Å². The Kier molecular flexibility index (Phi) is 4.73. The van der Waals surface area contributed by atoms with Crippen LogP contribution in [-0.2, 0) is 0 Å². The highest BCUT2D eigenvalue weighted by Crippen LogP contribution is 2.32. The average Bonchev–Trinajstić information content (AvgIpc) is 3.13. The Hall–Kier alpha value is -0.470. The summed E-state index contributed by atoms with van der Waals surface area (Å²) in [5.74, 6) is 2.19. The Labute approximate surface area is 103 Å². The standard InChI is InChI=1S/C14H21NS/c1-16-11-14(13-5-3-2-4-6-13)15-10-9-12-7-8-12/h2-6,12,14-15H,7-11H2,1H3. The van der Waals surface area contributed by atoms with E-state index in [-0.39, 0.29) is 0 Å². The van der Waals surface area contributed by atoms with Gasteiger partial charge in [0.15, 0.2) is 0 Å². The molecule has 1 N–H and O–H groups in total. The Morgan fingerprint density at radius 1 is 1.31 bits per heavy atom. The van der Waals surface area contributed by atoms with Crippen LogP contribution < -0.4 is 5.32 Å². The SMILES string of the molecule is CSCC(NCCC1CC1)c1ccccc1. The van der Waals surface area contributed by atoms with Gasteiger partial charge >= 0.3 is 0 Å². The molecular weight excluding hydrogens is 214 g/mol. The van der Waals surface area contributed by atoms with Gasteiger partial charge in [-0.3, -0.25) is 0 Å². The third-order valence-corrected chi connectivity index (χ3v) is 3.84. The van der Waals surface area contributed by atoms with Gasteiger partial charge in [0.2, 0.25) is 0 Å². The topological polar surface area (TPSA) is 12.0 Å². The summed E-state index contributed by atoms with van der Waals surface area (Å²) in [5, 5.41) is 3.69. The van der Waals surface area contributed by atoms with E-state index in [9.17, 15) is 0 Å². The molecule has 0 spiro atoms. The second-order valence-corrected chi connectivity index (χ2v) is 5.52. The van der Waals surface area contributed by atoms with E-state index in [2.05, 4.69) is 41.9 Å². The lowest BCUT2D eigenvalue weighted by molar-refractivity contribution is 0.545. The summed E-state index contributed by atoms with van der Waals surface area (Å²) < 4.78 is 0. The van der Waals surface area contributed by atoms with Crippen LogP contribution in [0.1, 0.15) is 30.9 Å². The highest BCUT2D eigenvalue weighted by atomic mass is 32.2. The van der Waals surface area contributed by atoms with Crippen molar-refractivity contribution in [1.82, 2.24) is 5.32 Å². The number of rotatable bonds is 7. The lowest BCUT2D eigenvalue weighted by Gasteiger charge is -2.18. The number of thioether (sulfide) groups is 1. The molecule has 1 aromatic carbocycles. The molecule has 1 unspecified atom stereocenters. The number of benzene rings is 1. The minimum Gasteiger partial charge on any atom is -0.309 e. The Bertz CT molecular complexity index is 295. The van der Waals surface area contributed by atoms with Crippen LogP contribution in [0.3, 0.4) is 0 Å². The average molecular weight is 235 g/mol. The van der Waals surface area contributed by atoms with Gasteiger partial charge in [-0.15, -0.1) is 0 Å². The van der Waals surface area contributed by atoms with Gasteiger partial charge in [-0.05, 0) is 30.7 Å². The van der Waals surface area contributed by atoms with Gasteiger partial charge in [-0.2, -0.15) is 11.8 Å². The van der Waals surface area contributed by atoms with Crippen molar-refractivity contribution in [3.05, 3.63) is 35.9 Å². The molecule has 1 saturated carbocycles. The molecule has 1 aliphatic rings. The van der Waals surface area contributed by atoms with Crippen LogP contribution in [0.4, 0.5) is 0 Å². The van der Waals surface area contributed by atoms with E-state index in [1.807, 2.05) is 11.8 Å². The van der Waals surface area contributed by atoms with Gasteiger partial charge < -0.3 is 5.32 Å². The smallest absolute Gasteiger partial charge is 0.0411 e. The van der Waals surface area contributed by atoms with E-state index in [1.165, 1.54) is 31.4 Å². The summed E-state index contributed by atoms with van der Waals surface area (Å²) in [6, 6.07) is 11.3. The Morgan fingerprint density at radius 2 is 2.06 bits per heavy atom. The summed E-state index contributed by atoms with van der Waals surface area (Å²) in [4.78, 5) is 0. The van der Waals surface area contributed by atoms with Gasteiger partial charge in [0, 0.05) is 11.8 Å². The van der Waals surface area contributed by atoms with Crippen LogP contribution in [0.15, 0.2) is 30.3 Å². The third kappa shape index (κ3) is 3.84. The molecular formula is C14H21NS. The number of hydrogen-bond donors (Lipinski definition) is 1. The summed E-state index contributed by atoms with van der Waals surface area (Å²) in [6.45, 7) is 1.17. The van der Waals surface area contributed by atoms with Crippen LogP contribution in [0.2, 0.25) is 0 Å². The van der Waals surface area contributed by atoms with Crippen molar-refractivity contribution < 1.29 is 0 Å². The van der Waals surface area contributed by atoms with Crippen LogP contribution in [-0.4, -0.2) is 18.6 Å². The highest BCUT2D eigenvalue weighted by Gasteiger charge is 2.21. The first-order valence-corrected chi connectivity index (χ1v) is 7.57. The number of hydrogen-bond acceptors (Lipinski definition) is 2. The molecule has 0 heterocycles. The van der Waals surface area contributed by atoms with Crippen molar-refractivity contribution in [2.75, 3.05) is 18.6 Å². The highest BCUT2D eigenvalue weighted by molar-refractivity contribution is 7.98. The van der Waals surface area contributed by atoms with Crippen LogP contribution in [0.5, 0.6) is 0 Å². The normalized spacial score (nSPS) is 17.3. The fraction of sp³-hybridized carbons (Fsp3) is 0.571. The maximum absolute atomic E-state index is 3.69. The minimum absolute atomic E-state index is 0.523. The fourth-order valence-electron chi connectivity index (χ4n) is 1.99. The quantitative estimate of drug-likeness (QED) is 0.776. The molecule has 0 saturated heterocycles. The summed E-state index contributed by atoms with van der Waals surface area (Å²) >= 11 is 1.92. The molecule has 2 rings (SSSR count). The Balaban J connectivity index is 1.83. The van der Waals surface area contributed by atoms with Crippen molar-refractivity contribution in [3.8, 4) is 0 Å². The van der Waals surface area contributed by atoms with Gasteiger partial charge in [0.1, 0.15) is 0 Å². The van der Waals surface area contributed by atoms with E-state index in [0.717, 1.165) is 11.7 Å². The molecule has 0 bridgehead atoms. The van der Waals surface area contributed by atoms with Crippen molar-refractivity contribution in [3.63, 3.8) is 0 Å². The van der Waals surface area contributed by atoms with E-state index < -0.39 is 0 Å². The van der Waals surface area contributed by atoms with E-state index in [1.54, 1.807) is 0 Å². The Morgan fingerprint density at radius 3 is 2.69 bits per heavy atom. The lowest BCUT2D eigenvalue weighted by atomic mass is 10.1. The molecule has 0 radical (unpaired) electrons. The van der Waals surface area contributed by atoms with E-state index in [4.69, 9.17) is 0 Å². The molecule has 0 aliphatic heterocycles. The van der Waals surface area contributed by atoms with E-state index >= 15 is 0 Å². The van der Waals surface area contributed by atoms with Gasteiger partial charge in [-0.1, -0.05) is 43.2 Å². The second-order valence-electron chi connectivity index (χ2n) is 4.60. The van der Waals surface area contributed by atoms with Crippen LogP contribution in [0, 0.1) is 5.92 Å². The summed E-state index contributed by atoms with van der Waals surface area (Å²) in [7, 11) is 0. The molecule has 1 atom stereocenters. The van der Waals surface area contributed by atoms with E-state index in [0.29, 0.717) is 6.04 Å². The maximum atomic E-state index is 3.69. The van der Waals surface area contributed by atoms with Gasteiger partial charge in [-0.25, -0.2) is 0 Å². The molecule has 88 valence electrons. The molecule has 1 fully saturated rings. The molecule has 0 amide bonds. The van der Waals surface area contributed by atoms with Crippen molar-refractivity contribution in [2.45, 2.75) is 25.3 Å². The molecule has 0 aromatic heterocycles. The zero-order valence-corrected chi connectivity index (χ0v) is 10.8. The van der Waals surface area contributed by atoms with Crippen LogP contribution >= 0.6 is 11.8 Å². The molecule has 1 aliphatic carbocycles. The zero-order chi connectivity index (χ0) is 11.2. The fourth-order valence-corrected chi connectivity index (χ4v) is 2.64. The summed E-state index contributed by atoms with van der Waals surface area (Å²) in [5.41, 5.74) is 1.42. The second kappa shape index (κ2) is 6.31. The van der Waals surface area contributed by atoms with Crippen molar-refractivity contribution in [2.24, 2.45) is 5.92 Å². The predicted molar refractivity (Wildman–Crippen MR) is 72.9 cm³/mol. The first-order chi connectivity index (χ1) is 7.90. The summed E-state index contributed by atoms with van der Waals surface area (Å²) in [6.07, 6.45) is 6.46. The van der Waals surface area contributed by atoms with Crippen molar-refractivity contribution >= 4 is 11.8 Å². The minimum atomic E-state index is 0.523. The molecule has 16 heavy (non-hydrogen) atoms. The maximum Gasteiger partial charge on any atom is 0.0411 e. The van der Waals surface area contributed by atoms with Crippen molar-refractivity contribution in [1.29, 1.82) is 0 Å². The molecule has 1 aromatic rings. The lowest BCUT2D eigenvalue weighted by Crippen LogP contribution is -2.24. The predicted octanol–water partition coefficient (Wildman–Crippen LogP) is 3.48. The largest absolute Gasteiger partial charge is 0.309 e. The van der Waals surface area contributed by atoms with Gasteiger partial charge in [0.05, 0.1) is 0 Å². The number of nitrogens with one attached hydrogen (secondary N) is 1. The first kappa shape index (κ1) is 12.0. The molecule has 1 nitrogen and oxygen atoms in total.